The molecule has 1 aliphatic rings. The van der Waals surface area contributed by atoms with E-state index in [1.54, 1.807) is 11.9 Å². The van der Waals surface area contributed by atoms with Gasteiger partial charge in [-0.2, -0.15) is 0 Å². The minimum absolute atomic E-state index is 0.0447. The van der Waals surface area contributed by atoms with E-state index in [1.807, 2.05) is 19.2 Å². The third-order valence-corrected chi connectivity index (χ3v) is 6.73. The number of aryl methyl sites for hydroxylation is 1. The first kappa shape index (κ1) is 24.4. The Morgan fingerprint density at radius 1 is 1.25 bits per heavy atom. The van der Waals surface area contributed by atoms with E-state index < -0.39 is 0 Å². The summed E-state index contributed by atoms with van der Waals surface area (Å²) in [4.78, 5) is 17.5. The zero-order valence-corrected chi connectivity index (χ0v) is 21.0. The van der Waals surface area contributed by atoms with E-state index in [0.717, 1.165) is 55.4 Å². The van der Waals surface area contributed by atoms with Crippen molar-refractivity contribution >= 4 is 35.0 Å². The molecule has 32 heavy (non-hydrogen) atoms. The number of carbonyl (C=O) groups excluding carboxylic acids is 1. The molecule has 7 heteroatoms. The molecule has 1 saturated heterocycles. The molecule has 0 bridgehead atoms. The van der Waals surface area contributed by atoms with Gasteiger partial charge in [0.25, 0.3) is 0 Å². The summed E-state index contributed by atoms with van der Waals surface area (Å²) in [7, 11) is 1.94. The molecule has 1 fully saturated rings. The molecule has 6 nitrogen and oxygen atoms in total. The summed E-state index contributed by atoms with van der Waals surface area (Å²) in [5, 5.41) is 9.65. The van der Waals surface area contributed by atoms with E-state index in [9.17, 15) is 4.79 Å². The van der Waals surface area contributed by atoms with Gasteiger partial charge in [0.05, 0.1) is 5.69 Å². The fourth-order valence-electron chi connectivity index (χ4n) is 3.83. The number of anilines is 3. The number of hydrogen-bond acceptors (Lipinski definition) is 6. The van der Waals surface area contributed by atoms with Gasteiger partial charge in [-0.25, -0.2) is 9.29 Å². The van der Waals surface area contributed by atoms with Crippen LogP contribution in [-0.4, -0.2) is 41.9 Å². The maximum atomic E-state index is 11.3. The fraction of sp³-hybridized carbons (Fsp3) is 0.520. The van der Waals surface area contributed by atoms with Gasteiger partial charge in [0.15, 0.2) is 0 Å². The highest BCUT2D eigenvalue weighted by atomic mass is 32.2. The number of rotatable bonds is 7. The van der Waals surface area contributed by atoms with Gasteiger partial charge < -0.3 is 16.0 Å². The third kappa shape index (κ3) is 6.87. The van der Waals surface area contributed by atoms with Gasteiger partial charge in [-0.3, -0.25) is 4.79 Å². The van der Waals surface area contributed by atoms with Gasteiger partial charge in [-0.15, -0.1) is 0 Å². The van der Waals surface area contributed by atoms with E-state index in [-0.39, 0.29) is 11.3 Å². The monoisotopic (exact) mass is 455 g/mol. The van der Waals surface area contributed by atoms with Crippen LogP contribution in [0.3, 0.4) is 0 Å². The second-order valence-corrected chi connectivity index (χ2v) is 10.9. The molecule has 1 amide bonds. The molecule has 2 heterocycles. The number of hydrogen-bond donors (Lipinski definition) is 3. The molecule has 0 saturated carbocycles. The van der Waals surface area contributed by atoms with Crippen LogP contribution in [0, 0.1) is 12.3 Å². The topological polar surface area (TPSA) is 69.3 Å². The van der Waals surface area contributed by atoms with Crippen LogP contribution in [0.4, 0.5) is 17.2 Å². The van der Waals surface area contributed by atoms with Crippen molar-refractivity contribution in [2.75, 3.05) is 42.6 Å². The van der Waals surface area contributed by atoms with E-state index in [2.05, 4.69) is 66.1 Å². The minimum atomic E-state index is -0.0447. The first-order valence-electron chi connectivity index (χ1n) is 11.4. The Labute approximate surface area is 197 Å². The highest BCUT2D eigenvalue weighted by molar-refractivity contribution is 7.97. The molecule has 0 aliphatic carbocycles. The molecular weight excluding hydrogens is 418 g/mol. The standard InChI is InChI=1S/C25H37N5OS/c1-17-14-20(28-18(2)31)9-12-23(17)32-30-13-7-8-19(15-30)21-10-11-22(24(26-6)29-21)27-16-25(3,4)5/h9-12,14,19,27H,7-8,13,15-16H2,1-6H3,(H,26,29)(H,28,31). The third-order valence-electron chi connectivity index (χ3n) is 5.49. The van der Waals surface area contributed by atoms with E-state index in [1.165, 1.54) is 17.4 Å². The molecule has 1 aromatic heterocycles. The highest BCUT2D eigenvalue weighted by Gasteiger charge is 2.24. The number of carbonyl (C=O) groups is 1. The Morgan fingerprint density at radius 3 is 2.69 bits per heavy atom. The van der Waals surface area contributed by atoms with Gasteiger partial charge >= 0.3 is 0 Å². The number of piperidine rings is 1. The van der Waals surface area contributed by atoms with Crippen molar-refractivity contribution in [1.82, 2.24) is 9.29 Å². The van der Waals surface area contributed by atoms with Gasteiger partial charge in [-0.05, 0) is 73.0 Å². The summed E-state index contributed by atoms with van der Waals surface area (Å²) in [6, 6.07) is 10.5. The van der Waals surface area contributed by atoms with Crippen molar-refractivity contribution in [1.29, 1.82) is 0 Å². The highest BCUT2D eigenvalue weighted by Crippen LogP contribution is 2.35. The lowest BCUT2D eigenvalue weighted by Crippen LogP contribution is -2.29. The van der Waals surface area contributed by atoms with Crippen LogP contribution in [0.5, 0.6) is 0 Å². The summed E-state index contributed by atoms with van der Waals surface area (Å²) >= 11 is 1.81. The van der Waals surface area contributed by atoms with Gasteiger partial charge in [-0.1, -0.05) is 20.8 Å². The van der Waals surface area contributed by atoms with Gasteiger partial charge in [0.2, 0.25) is 5.91 Å². The second kappa shape index (κ2) is 10.6. The summed E-state index contributed by atoms with van der Waals surface area (Å²) in [5.41, 5.74) is 4.44. The Balaban J connectivity index is 1.67. The average Bonchev–Trinajstić information content (AvgIpc) is 2.73. The van der Waals surface area contributed by atoms with E-state index in [0.29, 0.717) is 5.92 Å². The SMILES string of the molecule is CNc1nc(C2CCCN(Sc3ccc(NC(C)=O)cc3C)C2)ccc1NCC(C)(C)C. The Hall–Kier alpha value is -2.25. The molecule has 2 aromatic rings. The zero-order valence-electron chi connectivity index (χ0n) is 20.2. The lowest BCUT2D eigenvalue weighted by atomic mass is 9.95. The van der Waals surface area contributed by atoms with Crippen LogP contribution in [-0.2, 0) is 4.79 Å². The maximum absolute atomic E-state index is 11.3. The predicted octanol–water partition coefficient (Wildman–Crippen LogP) is 5.73. The fourth-order valence-corrected chi connectivity index (χ4v) is 4.92. The van der Waals surface area contributed by atoms with Crippen molar-refractivity contribution in [2.24, 2.45) is 5.41 Å². The van der Waals surface area contributed by atoms with Crippen LogP contribution in [0.1, 0.15) is 57.7 Å². The van der Waals surface area contributed by atoms with E-state index in [4.69, 9.17) is 4.98 Å². The second-order valence-electron chi connectivity index (χ2n) is 9.78. The number of benzene rings is 1. The molecule has 0 spiro atoms. The van der Waals surface area contributed by atoms with Crippen molar-refractivity contribution < 1.29 is 4.79 Å². The van der Waals surface area contributed by atoms with Crippen LogP contribution in [0.2, 0.25) is 0 Å². The smallest absolute Gasteiger partial charge is 0.221 e. The quantitative estimate of drug-likeness (QED) is 0.463. The van der Waals surface area contributed by atoms with Crippen molar-refractivity contribution in [2.45, 2.75) is 58.3 Å². The molecule has 1 atom stereocenters. The Bertz CT molecular complexity index is 940. The summed E-state index contributed by atoms with van der Waals surface area (Å²) in [6.07, 6.45) is 2.31. The summed E-state index contributed by atoms with van der Waals surface area (Å²) in [5.74, 6) is 1.29. The van der Waals surface area contributed by atoms with Crippen LogP contribution < -0.4 is 16.0 Å². The van der Waals surface area contributed by atoms with Crippen LogP contribution in [0.25, 0.3) is 0 Å². The number of nitrogens with zero attached hydrogens (tertiary/aromatic N) is 2. The Kier molecular flexibility index (Phi) is 8.06. The summed E-state index contributed by atoms with van der Waals surface area (Å²) < 4.78 is 2.45. The lowest BCUT2D eigenvalue weighted by Gasteiger charge is -2.32. The van der Waals surface area contributed by atoms with Gasteiger partial charge in [0, 0.05) is 55.8 Å². The van der Waals surface area contributed by atoms with Crippen molar-refractivity contribution in [3.05, 3.63) is 41.6 Å². The molecule has 1 aromatic carbocycles. The minimum Gasteiger partial charge on any atom is -0.382 e. The van der Waals surface area contributed by atoms with Crippen molar-refractivity contribution in [3.63, 3.8) is 0 Å². The normalized spacial score (nSPS) is 17.1. The Morgan fingerprint density at radius 2 is 2.03 bits per heavy atom. The number of amides is 1. The number of aromatic nitrogens is 1. The first-order valence-corrected chi connectivity index (χ1v) is 12.2. The number of nitrogens with one attached hydrogen (secondary N) is 3. The molecule has 1 aliphatic heterocycles. The summed E-state index contributed by atoms with van der Waals surface area (Å²) in [6.45, 7) is 13.3. The van der Waals surface area contributed by atoms with Crippen LogP contribution >= 0.6 is 11.9 Å². The van der Waals surface area contributed by atoms with Crippen molar-refractivity contribution in [3.8, 4) is 0 Å². The first-order chi connectivity index (χ1) is 15.1. The lowest BCUT2D eigenvalue weighted by molar-refractivity contribution is -0.114. The van der Waals surface area contributed by atoms with Crippen LogP contribution in [0.15, 0.2) is 35.2 Å². The molecule has 3 N–H and O–H groups in total. The molecular formula is C25H37N5OS. The number of pyridine rings is 1. The molecule has 0 radical (unpaired) electrons. The molecule has 174 valence electrons. The predicted molar refractivity (Wildman–Crippen MR) is 137 cm³/mol. The van der Waals surface area contributed by atoms with Gasteiger partial charge in [0.1, 0.15) is 5.82 Å². The average molecular weight is 456 g/mol. The molecule has 1 unspecified atom stereocenters. The van der Waals surface area contributed by atoms with E-state index >= 15 is 0 Å². The zero-order chi connectivity index (χ0) is 23.3. The maximum Gasteiger partial charge on any atom is 0.221 e. The molecule has 3 rings (SSSR count). The largest absolute Gasteiger partial charge is 0.382 e.